The van der Waals surface area contributed by atoms with Crippen LogP contribution in [-0.2, 0) is 21.7 Å². The molecular formula is C11H26O3Ti. The molecule has 0 aromatic rings. The quantitative estimate of drug-likeness (QED) is 0.652. The number of rotatable bonds is 5. The van der Waals surface area contributed by atoms with Gasteiger partial charge in [0.15, 0.2) is 0 Å². The van der Waals surface area contributed by atoms with Gasteiger partial charge in [-0.3, -0.25) is 0 Å². The van der Waals surface area contributed by atoms with Gasteiger partial charge >= 0.3 is 0 Å². The molecule has 0 aliphatic rings. The van der Waals surface area contributed by atoms with Crippen LogP contribution in [0.15, 0.2) is 0 Å². The van der Waals surface area contributed by atoms with Gasteiger partial charge in [0.05, 0.1) is 6.10 Å². The third-order valence-electron chi connectivity index (χ3n) is 1.89. The summed E-state index contributed by atoms with van der Waals surface area (Å²) in [5.41, 5.74) is 0. The third kappa shape index (κ3) is 17.2. The second kappa shape index (κ2) is 14.6. The molecule has 0 aliphatic carbocycles. The average Bonchev–Trinajstić information content (AvgIpc) is 2.06. The van der Waals surface area contributed by atoms with Gasteiger partial charge in [-0.1, -0.05) is 20.3 Å². The molecule has 0 saturated heterocycles. The average molecular weight is 254 g/mol. The molecule has 0 heterocycles. The van der Waals surface area contributed by atoms with Crippen LogP contribution in [0.25, 0.3) is 0 Å². The van der Waals surface area contributed by atoms with Crippen molar-refractivity contribution < 1.29 is 37.0 Å². The van der Waals surface area contributed by atoms with E-state index in [0.29, 0.717) is 0 Å². The van der Waals surface area contributed by atoms with Crippen LogP contribution in [0.1, 0.15) is 47.0 Å². The Morgan fingerprint density at radius 3 is 1.67 bits per heavy atom. The van der Waals surface area contributed by atoms with Gasteiger partial charge in [0.25, 0.3) is 0 Å². The fraction of sp³-hybridized carbons (Fsp3) is 1.00. The zero-order valence-corrected chi connectivity index (χ0v) is 12.0. The molecule has 2 unspecified atom stereocenters. The summed E-state index contributed by atoms with van der Waals surface area (Å²) in [4.78, 5) is 0. The number of aliphatic hydroxyl groups is 3. The van der Waals surface area contributed by atoms with Gasteiger partial charge in [0.1, 0.15) is 0 Å². The fourth-order valence-corrected chi connectivity index (χ4v) is 1.05. The van der Waals surface area contributed by atoms with E-state index < -0.39 is 0 Å². The van der Waals surface area contributed by atoms with Gasteiger partial charge in [-0.2, -0.15) is 0 Å². The maximum absolute atomic E-state index is 9.35. The molecule has 3 nitrogen and oxygen atoms in total. The summed E-state index contributed by atoms with van der Waals surface area (Å²) >= 11 is 0. The Morgan fingerprint density at radius 2 is 1.47 bits per heavy atom. The van der Waals surface area contributed by atoms with Crippen LogP contribution >= 0.6 is 0 Å². The minimum absolute atomic E-state index is 0. The maximum atomic E-state index is 9.35. The molecule has 92 valence electrons. The summed E-state index contributed by atoms with van der Waals surface area (Å²) in [5, 5.41) is 26.2. The first-order valence-corrected chi connectivity index (χ1v) is 5.46. The van der Waals surface area contributed by atoms with E-state index in [9.17, 15) is 5.11 Å². The van der Waals surface area contributed by atoms with E-state index in [1.165, 1.54) is 0 Å². The van der Waals surface area contributed by atoms with Crippen molar-refractivity contribution in [3.05, 3.63) is 0 Å². The zero-order chi connectivity index (χ0) is 11.6. The van der Waals surface area contributed by atoms with E-state index >= 15 is 0 Å². The van der Waals surface area contributed by atoms with Crippen molar-refractivity contribution in [2.24, 2.45) is 5.92 Å². The van der Waals surface area contributed by atoms with Crippen LogP contribution < -0.4 is 0 Å². The van der Waals surface area contributed by atoms with Crippen LogP contribution in [0, 0.1) is 5.92 Å². The van der Waals surface area contributed by atoms with E-state index in [4.69, 9.17) is 10.2 Å². The normalized spacial score (nSPS) is 13.6. The number of aliphatic hydroxyl groups excluding tert-OH is 3. The largest absolute Gasteiger partial charge is 0.396 e. The van der Waals surface area contributed by atoms with E-state index in [1.807, 2.05) is 13.8 Å². The molecule has 15 heavy (non-hydrogen) atoms. The standard InChI is InChI=1S/C8H18O2.C3H8O.Ti/c1-3-5-8(10)7(4-2)6-9;1-3(2)4;/h7-10H,3-6H2,1-2H3;3-4H,1-2H3;. The topological polar surface area (TPSA) is 60.7 Å². The molecule has 0 aliphatic heterocycles. The Morgan fingerprint density at radius 1 is 1.07 bits per heavy atom. The molecule has 3 N–H and O–H groups in total. The Hall–Kier alpha value is 0.594. The maximum Gasteiger partial charge on any atom is 0.0590 e. The first kappa shape index (κ1) is 20.9. The van der Waals surface area contributed by atoms with Crippen molar-refractivity contribution in [3.8, 4) is 0 Å². The van der Waals surface area contributed by atoms with Gasteiger partial charge in [-0.25, -0.2) is 0 Å². The minimum Gasteiger partial charge on any atom is -0.396 e. The van der Waals surface area contributed by atoms with Crippen LogP contribution in [0.2, 0.25) is 0 Å². The zero-order valence-electron chi connectivity index (χ0n) is 10.4. The minimum atomic E-state index is -0.306. The Bertz CT molecular complexity index is 103. The Kier molecular flexibility index (Phi) is 20.4. The van der Waals surface area contributed by atoms with E-state index in [-0.39, 0.29) is 46.5 Å². The summed E-state index contributed by atoms with van der Waals surface area (Å²) in [6.07, 6.45) is 2.17. The van der Waals surface area contributed by atoms with Gasteiger partial charge < -0.3 is 15.3 Å². The molecule has 0 aromatic carbocycles. The van der Waals surface area contributed by atoms with E-state index in [0.717, 1.165) is 19.3 Å². The number of hydrogen-bond donors (Lipinski definition) is 3. The molecule has 0 spiro atoms. The van der Waals surface area contributed by atoms with Crippen LogP contribution in [0.3, 0.4) is 0 Å². The first-order valence-electron chi connectivity index (χ1n) is 5.46. The van der Waals surface area contributed by atoms with Crippen LogP contribution in [0.4, 0.5) is 0 Å². The molecule has 0 radical (unpaired) electrons. The van der Waals surface area contributed by atoms with Crippen molar-refractivity contribution in [1.82, 2.24) is 0 Å². The second-order valence-electron chi connectivity index (χ2n) is 3.80. The smallest absolute Gasteiger partial charge is 0.0590 e. The van der Waals surface area contributed by atoms with Gasteiger partial charge in [0, 0.05) is 40.3 Å². The van der Waals surface area contributed by atoms with Crippen molar-refractivity contribution in [2.75, 3.05) is 6.61 Å². The second-order valence-corrected chi connectivity index (χ2v) is 3.80. The van der Waals surface area contributed by atoms with Gasteiger partial charge in [-0.15, -0.1) is 0 Å². The Labute approximate surface area is 109 Å². The fourth-order valence-electron chi connectivity index (χ4n) is 1.05. The summed E-state index contributed by atoms with van der Waals surface area (Å²) in [5.74, 6) is 0.0833. The SMILES string of the molecule is CC(C)O.CCCC(O)C(CC)CO.[Ti]. The molecule has 0 saturated carbocycles. The molecule has 0 fully saturated rings. The van der Waals surface area contributed by atoms with Crippen molar-refractivity contribution in [1.29, 1.82) is 0 Å². The van der Waals surface area contributed by atoms with Crippen molar-refractivity contribution in [3.63, 3.8) is 0 Å². The molecule has 0 amide bonds. The monoisotopic (exact) mass is 254 g/mol. The van der Waals surface area contributed by atoms with Crippen molar-refractivity contribution in [2.45, 2.75) is 59.2 Å². The molecule has 0 rings (SSSR count). The molecule has 0 bridgehead atoms. The van der Waals surface area contributed by atoms with Crippen LogP contribution in [-0.4, -0.2) is 34.1 Å². The number of hydrogen-bond acceptors (Lipinski definition) is 3. The third-order valence-corrected chi connectivity index (χ3v) is 1.89. The summed E-state index contributed by atoms with van der Waals surface area (Å²) in [6, 6.07) is 0. The summed E-state index contributed by atoms with van der Waals surface area (Å²) < 4.78 is 0. The molecule has 0 aromatic heterocycles. The van der Waals surface area contributed by atoms with E-state index in [1.54, 1.807) is 13.8 Å². The predicted molar refractivity (Wildman–Crippen MR) is 59.1 cm³/mol. The summed E-state index contributed by atoms with van der Waals surface area (Å²) in [6.45, 7) is 7.57. The van der Waals surface area contributed by atoms with E-state index in [2.05, 4.69) is 0 Å². The summed E-state index contributed by atoms with van der Waals surface area (Å²) in [7, 11) is 0. The van der Waals surface area contributed by atoms with Crippen LogP contribution in [0.5, 0.6) is 0 Å². The molecular weight excluding hydrogens is 228 g/mol. The molecule has 2 atom stereocenters. The predicted octanol–water partition coefficient (Wildman–Crippen LogP) is 1.55. The van der Waals surface area contributed by atoms with Crippen molar-refractivity contribution >= 4 is 0 Å². The van der Waals surface area contributed by atoms with Gasteiger partial charge in [0.2, 0.25) is 0 Å². The molecule has 4 heteroatoms. The Balaban J connectivity index is -0.000000249. The first-order chi connectivity index (χ1) is 6.49. The van der Waals surface area contributed by atoms with Gasteiger partial charge in [-0.05, 0) is 26.7 Å².